The Morgan fingerprint density at radius 2 is 1.61 bits per heavy atom. The van der Waals surface area contributed by atoms with Crippen molar-refractivity contribution >= 4 is 0 Å². The van der Waals surface area contributed by atoms with Gasteiger partial charge in [-0.2, -0.15) is 5.26 Å². The quantitative estimate of drug-likeness (QED) is 0.820. The minimum absolute atomic E-state index is 0.382. The van der Waals surface area contributed by atoms with Gasteiger partial charge >= 0.3 is 0 Å². The maximum absolute atomic E-state index is 9.38. The molecule has 0 spiro atoms. The largest absolute Gasteiger partial charge is 0.493 e. The van der Waals surface area contributed by atoms with Crippen LogP contribution in [0.1, 0.15) is 24.8 Å². The number of methoxy groups -OCH3 is 3. The van der Waals surface area contributed by atoms with E-state index in [1.165, 1.54) is 0 Å². The zero-order valence-electron chi connectivity index (χ0n) is 10.9. The fourth-order valence-corrected chi connectivity index (χ4v) is 2.35. The van der Waals surface area contributed by atoms with E-state index in [2.05, 4.69) is 6.07 Å². The molecule has 2 rings (SSSR count). The summed E-state index contributed by atoms with van der Waals surface area (Å²) >= 11 is 0. The highest BCUT2D eigenvalue weighted by Gasteiger charge is 2.40. The van der Waals surface area contributed by atoms with Crippen molar-refractivity contribution in [3.63, 3.8) is 0 Å². The smallest absolute Gasteiger partial charge is 0.203 e. The normalized spacial score (nSPS) is 16.3. The summed E-state index contributed by atoms with van der Waals surface area (Å²) < 4.78 is 15.9. The Balaban J connectivity index is 2.54. The number of nitrogens with zero attached hydrogens (tertiary/aromatic N) is 1. The van der Waals surface area contributed by atoms with Crippen molar-refractivity contribution in [2.75, 3.05) is 21.3 Å². The summed E-state index contributed by atoms with van der Waals surface area (Å²) in [5, 5.41) is 9.38. The summed E-state index contributed by atoms with van der Waals surface area (Å²) in [5.41, 5.74) is 0.568. The maximum atomic E-state index is 9.38. The Morgan fingerprint density at radius 1 is 1.06 bits per heavy atom. The molecule has 1 aromatic rings. The van der Waals surface area contributed by atoms with Crippen LogP contribution in [-0.2, 0) is 5.41 Å². The number of hydrogen-bond acceptors (Lipinski definition) is 4. The Hall–Kier alpha value is -1.89. The van der Waals surface area contributed by atoms with E-state index in [0.29, 0.717) is 17.2 Å². The topological polar surface area (TPSA) is 51.5 Å². The summed E-state index contributed by atoms with van der Waals surface area (Å²) in [6.45, 7) is 0. The lowest BCUT2D eigenvalue weighted by Gasteiger charge is -2.36. The Bertz CT molecular complexity index is 461. The number of rotatable bonds is 4. The van der Waals surface area contributed by atoms with E-state index in [4.69, 9.17) is 14.2 Å². The minimum atomic E-state index is -0.382. The van der Waals surface area contributed by atoms with Crippen LogP contribution in [-0.4, -0.2) is 21.3 Å². The molecule has 0 atom stereocenters. The van der Waals surface area contributed by atoms with Gasteiger partial charge in [-0.25, -0.2) is 0 Å². The molecule has 0 bridgehead atoms. The maximum Gasteiger partial charge on any atom is 0.203 e. The zero-order valence-corrected chi connectivity index (χ0v) is 10.9. The first-order chi connectivity index (χ1) is 8.70. The van der Waals surface area contributed by atoms with Crippen LogP contribution in [0.2, 0.25) is 0 Å². The van der Waals surface area contributed by atoms with Gasteiger partial charge < -0.3 is 14.2 Å². The fraction of sp³-hybridized carbons (Fsp3) is 0.500. The first-order valence-electron chi connectivity index (χ1n) is 5.92. The van der Waals surface area contributed by atoms with Gasteiger partial charge in [-0.15, -0.1) is 0 Å². The van der Waals surface area contributed by atoms with Crippen molar-refractivity contribution in [3.05, 3.63) is 17.7 Å². The fourth-order valence-electron chi connectivity index (χ4n) is 2.35. The number of nitriles is 1. The van der Waals surface area contributed by atoms with Crippen LogP contribution in [0.5, 0.6) is 17.2 Å². The molecule has 1 fully saturated rings. The van der Waals surface area contributed by atoms with E-state index in [9.17, 15) is 5.26 Å². The van der Waals surface area contributed by atoms with Gasteiger partial charge in [0.05, 0.1) is 32.8 Å². The summed E-state index contributed by atoms with van der Waals surface area (Å²) in [7, 11) is 4.74. The van der Waals surface area contributed by atoms with Crippen molar-refractivity contribution in [3.8, 4) is 23.3 Å². The molecule has 1 aliphatic rings. The molecule has 0 N–H and O–H groups in total. The van der Waals surface area contributed by atoms with Crippen LogP contribution in [0.4, 0.5) is 0 Å². The van der Waals surface area contributed by atoms with Crippen LogP contribution in [0.25, 0.3) is 0 Å². The van der Waals surface area contributed by atoms with Gasteiger partial charge in [-0.1, -0.05) is 0 Å². The molecule has 4 nitrogen and oxygen atoms in total. The van der Waals surface area contributed by atoms with Gasteiger partial charge in [0.2, 0.25) is 5.75 Å². The summed E-state index contributed by atoms with van der Waals surface area (Å²) in [5.74, 6) is 1.78. The molecular formula is C14H17NO3. The second kappa shape index (κ2) is 4.77. The van der Waals surface area contributed by atoms with Crippen LogP contribution >= 0.6 is 0 Å². The monoisotopic (exact) mass is 247 g/mol. The molecule has 18 heavy (non-hydrogen) atoms. The molecule has 0 unspecified atom stereocenters. The van der Waals surface area contributed by atoms with Gasteiger partial charge in [-0.05, 0) is 37.0 Å². The first-order valence-corrected chi connectivity index (χ1v) is 5.92. The van der Waals surface area contributed by atoms with Crippen molar-refractivity contribution in [1.29, 1.82) is 5.26 Å². The van der Waals surface area contributed by atoms with Crippen LogP contribution in [0, 0.1) is 11.3 Å². The highest BCUT2D eigenvalue weighted by atomic mass is 16.5. The standard InChI is InChI=1S/C14H17NO3/c1-16-11-7-10(14(9-15)5-4-6-14)8-12(17-2)13(11)18-3/h7-8H,4-6H2,1-3H3. The van der Waals surface area contributed by atoms with Crippen molar-refractivity contribution < 1.29 is 14.2 Å². The second-order valence-corrected chi connectivity index (χ2v) is 4.46. The van der Waals surface area contributed by atoms with E-state index in [1.807, 2.05) is 12.1 Å². The molecule has 96 valence electrons. The second-order valence-electron chi connectivity index (χ2n) is 4.46. The average Bonchev–Trinajstić information content (AvgIpc) is 2.36. The third kappa shape index (κ3) is 1.76. The molecule has 1 aliphatic carbocycles. The predicted octanol–water partition coefficient (Wildman–Crippen LogP) is 2.66. The highest BCUT2D eigenvalue weighted by Crippen LogP contribution is 2.48. The molecule has 0 radical (unpaired) electrons. The molecule has 0 amide bonds. The van der Waals surface area contributed by atoms with Crippen LogP contribution < -0.4 is 14.2 Å². The van der Waals surface area contributed by atoms with E-state index in [1.54, 1.807) is 21.3 Å². The number of ether oxygens (including phenoxy) is 3. The molecule has 1 aromatic carbocycles. The molecule has 0 saturated heterocycles. The molecular weight excluding hydrogens is 230 g/mol. The Kier molecular flexibility index (Phi) is 3.33. The van der Waals surface area contributed by atoms with Crippen LogP contribution in [0.3, 0.4) is 0 Å². The van der Waals surface area contributed by atoms with E-state index < -0.39 is 0 Å². The zero-order chi connectivity index (χ0) is 13.2. The van der Waals surface area contributed by atoms with Gasteiger partial charge in [0.15, 0.2) is 11.5 Å². The molecule has 0 aromatic heterocycles. The molecule has 0 heterocycles. The minimum Gasteiger partial charge on any atom is -0.493 e. The molecule has 0 aliphatic heterocycles. The molecule has 1 saturated carbocycles. The van der Waals surface area contributed by atoms with Crippen molar-refractivity contribution in [1.82, 2.24) is 0 Å². The highest BCUT2D eigenvalue weighted by molar-refractivity contribution is 5.56. The van der Waals surface area contributed by atoms with Gasteiger partial charge in [0, 0.05) is 0 Å². The van der Waals surface area contributed by atoms with Crippen molar-refractivity contribution in [2.24, 2.45) is 0 Å². The lowest BCUT2D eigenvalue weighted by molar-refractivity contribution is 0.306. The van der Waals surface area contributed by atoms with Gasteiger partial charge in [0.1, 0.15) is 0 Å². The van der Waals surface area contributed by atoms with E-state index in [-0.39, 0.29) is 5.41 Å². The van der Waals surface area contributed by atoms with E-state index >= 15 is 0 Å². The first kappa shape index (κ1) is 12.6. The lowest BCUT2D eigenvalue weighted by Crippen LogP contribution is -2.32. The summed E-state index contributed by atoms with van der Waals surface area (Å²) in [6.07, 6.45) is 2.87. The van der Waals surface area contributed by atoms with Crippen LogP contribution in [0.15, 0.2) is 12.1 Å². The molecule has 4 heteroatoms. The Labute approximate surface area is 107 Å². The average molecular weight is 247 g/mol. The summed E-state index contributed by atoms with van der Waals surface area (Å²) in [4.78, 5) is 0. The van der Waals surface area contributed by atoms with E-state index in [0.717, 1.165) is 24.8 Å². The number of hydrogen-bond donors (Lipinski definition) is 0. The predicted molar refractivity (Wildman–Crippen MR) is 67.2 cm³/mol. The third-order valence-corrected chi connectivity index (χ3v) is 3.64. The Morgan fingerprint density at radius 3 is 1.89 bits per heavy atom. The third-order valence-electron chi connectivity index (χ3n) is 3.64. The number of benzene rings is 1. The summed E-state index contributed by atoms with van der Waals surface area (Å²) in [6, 6.07) is 6.18. The van der Waals surface area contributed by atoms with Gasteiger partial charge in [0.25, 0.3) is 0 Å². The van der Waals surface area contributed by atoms with Gasteiger partial charge in [-0.3, -0.25) is 0 Å². The van der Waals surface area contributed by atoms with Crippen molar-refractivity contribution in [2.45, 2.75) is 24.7 Å². The SMILES string of the molecule is COc1cc(C2(C#N)CCC2)cc(OC)c1OC. The lowest BCUT2D eigenvalue weighted by atomic mass is 9.65.